The van der Waals surface area contributed by atoms with Gasteiger partial charge in [-0.05, 0) is 31.2 Å². The van der Waals surface area contributed by atoms with Crippen molar-refractivity contribution in [2.75, 3.05) is 6.54 Å². The van der Waals surface area contributed by atoms with Crippen LogP contribution in [0.25, 0.3) is 0 Å². The van der Waals surface area contributed by atoms with E-state index in [1.165, 1.54) is 0 Å². The normalized spacial score (nSPS) is 10.7. The van der Waals surface area contributed by atoms with Gasteiger partial charge in [-0.15, -0.1) is 0 Å². The van der Waals surface area contributed by atoms with Crippen molar-refractivity contribution < 1.29 is 4.42 Å². The number of hydrogen-bond acceptors (Lipinski definition) is 5. The monoisotopic (exact) mass is 263 g/mol. The number of nitrogens with zero attached hydrogens (tertiary/aromatic N) is 2. The zero-order valence-electron chi connectivity index (χ0n) is 10.4. The van der Waals surface area contributed by atoms with Gasteiger partial charge in [-0.2, -0.15) is 0 Å². The average molecular weight is 263 g/mol. The van der Waals surface area contributed by atoms with Crippen LogP contribution in [0, 0.1) is 0 Å². The molecule has 0 bridgehead atoms. The third-order valence-electron chi connectivity index (χ3n) is 2.36. The van der Waals surface area contributed by atoms with Gasteiger partial charge in [0.2, 0.25) is 0 Å². The summed E-state index contributed by atoms with van der Waals surface area (Å²) in [4.78, 5) is 8.05. The lowest BCUT2D eigenvalue weighted by molar-refractivity contribution is 0.459. The Labute approximate surface area is 111 Å². The van der Waals surface area contributed by atoms with Crippen molar-refractivity contribution in [2.45, 2.75) is 30.7 Å². The highest BCUT2D eigenvalue weighted by Crippen LogP contribution is 2.21. The van der Waals surface area contributed by atoms with Crippen LogP contribution in [0.2, 0.25) is 0 Å². The van der Waals surface area contributed by atoms with E-state index in [2.05, 4.69) is 22.2 Å². The lowest BCUT2D eigenvalue weighted by atomic mass is 10.4. The molecule has 0 aliphatic carbocycles. The van der Waals surface area contributed by atoms with Crippen LogP contribution >= 0.6 is 11.8 Å². The molecule has 96 valence electrons. The van der Waals surface area contributed by atoms with E-state index in [-0.39, 0.29) is 0 Å². The average Bonchev–Trinajstić information content (AvgIpc) is 2.86. The third-order valence-corrected chi connectivity index (χ3v) is 3.33. The summed E-state index contributed by atoms with van der Waals surface area (Å²) < 4.78 is 5.73. The molecule has 5 heteroatoms. The second kappa shape index (κ2) is 7.18. The van der Waals surface area contributed by atoms with Crippen LogP contribution in [-0.2, 0) is 12.3 Å². The predicted molar refractivity (Wildman–Crippen MR) is 72.3 cm³/mol. The largest absolute Gasteiger partial charge is 0.464 e. The van der Waals surface area contributed by atoms with Crippen LogP contribution in [0.5, 0.6) is 0 Å². The fraction of sp³-hybridized carbons (Fsp3) is 0.385. The summed E-state index contributed by atoms with van der Waals surface area (Å²) in [5, 5.41) is 4.28. The zero-order valence-corrected chi connectivity index (χ0v) is 11.2. The van der Waals surface area contributed by atoms with Crippen molar-refractivity contribution >= 4 is 11.8 Å². The molecule has 0 aromatic carbocycles. The summed E-state index contributed by atoms with van der Waals surface area (Å²) in [6.07, 6.45) is 4.44. The van der Waals surface area contributed by atoms with Crippen molar-refractivity contribution in [3.05, 3.63) is 42.2 Å². The SMILES string of the molecule is CCCNCc1ccc(CSc2ccncn2)o1. The highest BCUT2D eigenvalue weighted by Gasteiger charge is 2.03. The molecule has 2 aromatic heterocycles. The van der Waals surface area contributed by atoms with Crippen LogP contribution < -0.4 is 5.32 Å². The molecule has 0 atom stereocenters. The molecule has 2 heterocycles. The Morgan fingerprint density at radius 1 is 1.28 bits per heavy atom. The Balaban J connectivity index is 1.80. The van der Waals surface area contributed by atoms with Gasteiger partial charge in [0.25, 0.3) is 0 Å². The minimum atomic E-state index is 0.796. The first-order chi connectivity index (χ1) is 8.88. The molecule has 4 nitrogen and oxygen atoms in total. The van der Waals surface area contributed by atoms with E-state index < -0.39 is 0 Å². The second-order valence-corrected chi connectivity index (χ2v) is 4.88. The summed E-state index contributed by atoms with van der Waals surface area (Å²) in [5.41, 5.74) is 0. The van der Waals surface area contributed by atoms with Gasteiger partial charge in [-0.3, -0.25) is 0 Å². The van der Waals surface area contributed by atoms with E-state index in [0.29, 0.717) is 0 Å². The van der Waals surface area contributed by atoms with Crippen LogP contribution in [0.15, 0.2) is 40.2 Å². The smallest absolute Gasteiger partial charge is 0.118 e. The maximum Gasteiger partial charge on any atom is 0.118 e. The number of rotatable bonds is 7. The highest BCUT2D eigenvalue weighted by atomic mass is 32.2. The minimum Gasteiger partial charge on any atom is -0.464 e. The molecule has 2 aromatic rings. The van der Waals surface area contributed by atoms with Crippen molar-refractivity contribution in [3.8, 4) is 0 Å². The van der Waals surface area contributed by atoms with Gasteiger partial charge in [0, 0.05) is 6.20 Å². The predicted octanol–water partition coefficient (Wildman–Crippen LogP) is 2.86. The molecular weight excluding hydrogens is 246 g/mol. The topological polar surface area (TPSA) is 51.0 Å². The maximum absolute atomic E-state index is 5.73. The van der Waals surface area contributed by atoms with Crippen LogP contribution in [0.4, 0.5) is 0 Å². The van der Waals surface area contributed by atoms with Gasteiger partial charge in [0.15, 0.2) is 0 Å². The number of thioether (sulfide) groups is 1. The molecule has 1 N–H and O–H groups in total. The van der Waals surface area contributed by atoms with Crippen molar-refractivity contribution in [1.82, 2.24) is 15.3 Å². The molecule has 0 fully saturated rings. The molecule has 0 spiro atoms. The molecular formula is C13H17N3OS. The fourth-order valence-corrected chi connectivity index (χ4v) is 2.22. The Kier molecular flexibility index (Phi) is 5.23. The van der Waals surface area contributed by atoms with Crippen molar-refractivity contribution in [2.24, 2.45) is 0 Å². The molecule has 0 radical (unpaired) electrons. The first-order valence-electron chi connectivity index (χ1n) is 6.05. The van der Waals surface area contributed by atoms with Crippen LogP contribution in [0.3, 0.4) is 0 Å². The summed E-state index contributed by atoms with van der Waals surface area (Å²) in [5.74, 6) is 2.76. The second-order valence-electron chi connectivity index (χ2n) is 3.88. The molecule has 0 unspecified atom stereocenters. The number of aromatic nitrogens is 2. The molecule has 0 saturated heterocycles. The Bertz CT molecular complexity index is 458. The van der Waals surface area contributed by atoms with E-state index in [4.69, 9.17) is 4.42 Å². The zero-order chi connectivity index (χ0) is 12.6. The number of nitrogens with one attached hydrogen (secondary N) is 1. The molecule has 0 amide bonds. The molecule has 0 aliphatic heterocycles. The summed E-state index contributed by atoms with van der Waals surface area (Å²) in [6, 6.07) is 5.95. The third kappa shape index (κ3) is 4.16. The van der Waals surface area contributed by atoms with Crippen molar-refractivity contribution in [1.29, 1.82) is 0 Å². The Hall–Kier alpha value is -1.33. The standard InChI is InChI=1S/C13H17N3OS/c1-2-6-14-8-11-3-4-12(17-11)9-18-13-5-7-15-10-16-13/h3-5,7,10,14H,2,6,8-9H2,1H3. The van der Waals surface area contributed by atoms with E-state index in [9.17, 15) is 0 Å². The Morgan fingerprint density at radius 2 is 2.17 bits per heavy atom. The van der Waals surface area contributed by atoms with E-state index >= 15 is 0 Å². The summed E-state index contributed by atoms with van der Waals surface area (Å²) >= 11 is 1.65. The molecule has 18 heavy (non-hydrogen) atoms. The summed E-state index contributed by atoms with van der Waals surface area (Å²) in [6.45, 7) is 3.97. The first kappa shape index (κ1) is 13.1. The van der Waals surface area contributed by atoms with Crippen LogP contribution in [-0.4, -0.2) is 16.5 Å². The van der Waals surface area contributed by atoms with Gasteiger partial charge in [0.1, 0.15) is 17.8 Å². The highest BCUT2D eigenvalue weighted by molar-refractivity contribution is 7.98. The summed E-state index contributed by atoms with van der Waals surface area (Å²) in [7, 11) is 0. The molecule has 2 rings (SSSR count). The quantitative estimate of drug-likeness (QED) is 0.473. The molecule has 0 saturated carbocycles. The van der Waals surface area contributed by atoms with Crippen LogP contribution in [0.1, 0.15) is 24.9 Å². The Morgan fingerprint density at radius 3 is 2.94 bits per heavy atom. The molecule has 0 aliphatic rings. The van der Waals surface area contributed by atoms with Gasteiger partial charge in [0.05, 0.1) is 17.3 Å². The van der Waals surface area contributed by atoms with Crippen molar-refractivity contribution in [3.63, 3.8) is 0 Å². The van der Waals surface area contributed by atoms with Gasteiger partial charge in [-0.1, -0.05) is 18.7 Å². The van der Waals surface area contributed by atoms with Gasteiger partial charge < -0.3 is 9.73 Å². The maximum atomic E-state index is 5.73. The van der Waals surface area contributed by atoms with E-state index in [1.54, 1.807) is 24.3 Å². The number of furan rings is 1. The fourth-order valence-electron chi connectivity index (χ4n) is 1.49. The van der Waals surface area contributed by atoms with E-state index in [0.717, 1.165) is 41.8 Å². The lowest BCUT2D eigenvalue weighted by Gasteiger charge is -1.99. The van der Waals surface area contributed by atoms with E-state index in [1.807, 2.05) is 18.2 Å². The first-order valence-corrected chi connectivity index (χ1v) is 7.04. The number of hydrogen-bond donors (Lipinski definition) is 1. The minimum absolute atomic E-state index is 0.796. The lowest BCUT2D eigenvalue weighted by Crippen LogP contribution is -2.12. The van der Waals surface area contributed by atoms with Gasteiger partial charge in [-0.25, -0.2) is 9.97 Å². The van der Waals surface area contributed by atoms with Gasteiger partial charge >= 0.3 is 0 Å².